The van der Waals surface area contributed by atoms with Crippen LogP contribution in [0.3, 0.4) is 0 Å². The van der Waals surface area contributed by atoms with E-state index in [4.69, 9.17) is 5.73 Å². The van der Waals surface area contributed by atoms with Crippen LogP contribution >= 0.6 is 23.7 Å². The number of hydrogen-bond acceptors (Lipinski definition) is 5. The zero-order valence-corrected chi connectivity index (χ0v) is 17.2. The van der Waals surface area contributed by atoms with Crippen molar-refractivity contribution >= 4 is 39.7 Å². The van der Waals surface area contributed by atoms with Crippen LogP contribution in [-0.2, 0) is 21.2 Å². The lowest BCUT2D eigenvalue weighted by Crippen LogP contribution is -2.41. The normalized spacial score (nSPS) is 16.6. The number of nitrogens with zero attached hydrogens (tertiary/aromatic N) is 1. The van der Waals surface area contributed by atoms with Crippen molar-refractivity contribution in [2.75, 3.05) is 19.6 Å². The lowest BCUT2D eigenvalue weighted by atomic mass is 10.0. The number of thiophene rings is 1. The van der Waals surface area contributed by atoms with Crippen LogP contribution in [0.25, 0.3) is 0 Å². The summed E-state index contributed by atoms with van der Waals surface area (Å²) in [6, 6.07) is 3.30. The molecule has 3 N–H and O–H groups in total. The summed E-state index contributed by atoms with van der Waals surface area (Å²) < 4.78 is 26.8. The molecule has 1 aliphatic heterocycles. The molecule has 1 unspecified atom stereocenters. The predicted molar refractivity (Wildman–Crippen MR) is 104 cm³/mol. The second-order valence-corrected chi connectivity index (χ2v) is 9.97. The van der Waals surface area contributed by atoms with E-state index in [2.05, 4.69) is 19.2 Å². The van der Waals surface area contributed by atoms with Gasteiger partial charge in [-0.25, -0.2) is 8.42 Å². The molecule has 2 rings (SSSR count). The molecule has 0 saturated carbocycles. The second kappa shape index (κ2) is 9.87. The molecule has 1 atom stereocenters. The quantitative estimate of drug-likeness (QED) is 0.686. The molecule has 0 aliphatic carbocycles. The van der Waals surface area contributed by atoms with E-state index in [1.165, 1.54) is 15.6 Å². The maximum atomic E-state index is 12.5. The summed E-state index contributed by atoms with van der Waals surface area (Å²) in [4.78, 5) is 12.9. The van der Waals surface area contributed by atoms with Crippen molar-refractivity contribution in [3.05, 3.63) is 17.0 Å². The zero-order valence-electron chi connectivity index (χ0n) is 14.7. The Kier molecular flexibility index (Phi) is 8.83. The van der Waals surface area contributed by atoms with Crippen LogP contribution in [0.5, 0.6) is 0 Å². The van der Waals surface area contributed by atoms with Crippen LogP contribution in [0.15, 0.2) is 16.3 Å². The monoisotopic (exact) mass is 409 g/mol. The van der Waals surface area contributed by atoms with Gasteiger partial charge in [-0.2, -0.15) is 4.31 Å². The number of rotatable bonds is 8. The maximum absolute atomic E-state index is 12.5. The Morgan fingerprint density at radius 3 is 2.52 bits per heavy atom. The molecule has 1 saturated heterocycles. The van der Waals surface area contributed by atoms with Gasteiger partial charge in [-0.15, -0.1) is 23.7 Å². The van der Waals surface area contributed by atoms with E-state index in [-0.39, 0.29) is 30.8 Å². The van der Waals surface area contributed by atoms with E-state index >= 15 is 0 Å². The van der Waals surface area contributed by atoms with E-state index < -0.39 is 10.0 Å². The zero-order chi connectivity index (χ0) is 17.7. The number of halogens is 1. The van der Waals surface area contributed by atoms with Crippen molar-refractivity contribution in [2.24, 2.45) is 11.7 Å². The first-order chi connectivity index (χ1) is 11.3. The number of nitrogens with two attached hydrogens (primary N) is 1. The first-order valence-electron chi connectivity index (χ1n) is 8.41. The van der Waals surface area contributed by atoms with Gasteiger partial charge in [-0.05, 0) is 37.3 Å². The van der Waals surface area contributed by atoms with E-state index in [0.29, 0.717) is 29.8 Å². The third-order valence-electron chi connectivity index (χ3n) is 4.04. The van der Waals surface area contributed by atoms with Gasteiger partial charge in [-0.1, -0.05) is 13.8 Å². The molecule has 9 heteroatoms. The van der Waals surface area contributed by atoms with Gasteiger partial charge in [0.05, 0.1) is 6.42 Å². The minimum Gasteiger partial charge on any atom is -0.352 e. The molecule has 0 bridgehead atoms. The minimum absolute atomic E-state index is 0. The van der Waals surface area contributed by atoms with Gasteiger partial charge in [0.2, 0.25) is 5.91 Å². The average molecular weight is 410 g/mol. The van der Waals surface area contributed by atoms with E-state index in [9.17, 15) is 13.2 Å². The second-order valence-electron chi connectivity index (χ2n) is 6.64. The standard InChI is InChI=1S/C16H27N3O3S2.ClH/c1-12(2)9-13(11-17)18-15(20)10-14-5-6-16(23-14)24(21,22)19-7-3-4-8-19;/h5-6,12-13H,3-4,7-11,17H2,1-2H3,(H,18,20);1H. The van der Waals surface area contributed by atoms with E-state index in [1.807, 2.05) is 0 Å². The van der Waals surface area contributed by atoms with Crippen molar-refractivity contribution < 1.29 is 13.2 Å². The molecule has 2 heterocycles. The minimum atomic E-state index is -3.40. The summed E-state index contributed by atoms with van der Waals surface area (Å²) in [5.41, 5.74) is 5.70. The predicted octanol–water partition coefficient (Wildman–Crippen LogP) is 1.99. The molecular weight excluding hydrogens is 382 g/mol. The molecular formula is C16H28ClN3O3S2. The van der Waals surface area contributed by atoms with Crippen molar-refractivity contribution in [1.29, 1.82) is 0 Å². The number of sulfonamides is 1. The van der Waals surface area contributed by atoms with Crippen LogP contribution in [-0.4, -0.2) is 44.3 Å². The van der Waals surface area contributed by atoms with Crippen molar-refractivity contribution in [3.8, 4) is 0 Å². The molecule has 0 spiro atoms. The van der Waals surface area contributed by atoms with Crippen LogP contribution in [0.4, 0.5) is 0 Å². The summed E-state index contributed by atoms with van der Waals surface area (Å²) in [6.45, 7) is 5.75. The smallest absolute Gasteiger partial charge is 0.252 e. The van der Waals surface area contributed by atoms with E-state index in [0.717, 1.165) is 24.1 Å². The summed E-state index contributed by atoms with van der Waals surface area (Å²) in [5, 5.41) is 2.93. The molecule has 144 valence electrons. The van der Waals surface area contributed by atoms with Crippen LogP contribution in [0, 0.1) is 5.92 Å². The van der Waals surface area contributed by atoms with Gasteiger partial charge >= 0.3 is 0 Å². The summed E-state index contributed by atoms with van der Waals surface area (Å²) >= 11 is 1.18. The highest BCUT2D eigenvalue weighted by molar-refractivity contribution is 7.91. The van der Waals surface area contributed by atoms with Crippen LogP contribution in [0.1, 0.15) is 38.0 Å². The summed E-state index contributed by atoms with van der Waals surface area (Å²) in [6.07, 6.45) is 2.85. The van der Waals surface area contributed by atoms with Crippen LogP contribution < -0.4 is 11.1 Å². The highest BCUT2D eigenvalue weighted by atomic mass is 35.5. The Morgan fingerprint density at radius 1 is 1.32 bits per heavy atom. The third-order valence-corrected chi connectivity index (χ3v) is 7.49. The number of hydrogen-bond donors (Lipinski definition) is 2. The fraction of sp³-hybridized carbons (Fsp3) is 0.688. The maximum Gasteiger partial charge on any atom is 0.252 e. The Balaban J connectivity index is 0.00000312. The van der Waals surface area contributed by atoms with Crippen LogP contribution in [0.2, 0.25) is 0 Å². The van der Waals surface area contributed by atoms with Gasteiger partial charge in [0.1, 0.15) is 4.21 Å². The van der Waals surface area contributed by atoms with Crippen molar-refractivity contribution in [1.82, 2.24) is 9.62 Å². The first-order valence-corrected chi connectivity index (χ1v) is 10.7. The van der Waals surface area contributed by atoms with Gasteiger partial charge in [0.25, 0.3) is 10.0 Å². The number of amides is 1. The lowest BCUT2D eigenvalue weighted by Gasteiger charge is -2.18. The average Bonchev–Trinajstić information content (AvgIpc) is 3.17. The fourth-order valence-electron chi connectivity index (χ4n) is 2.87. The molecule has 25 heavy (non-hydrogen) atoms. The Morgan fingerprint density at radius 2 is 1.96 bits per heavy atom. The SMILES string of the molecule is CC(C)CC(CN)NC(=O)Cc1ccc(S(=O)(=O)N2CCCC2)s1.Cl. The molecule has 1 fully saturated rings. The fourth-order valence-corrected chi connectivity index (χ4v) is 5.89. The van der Waals surface area contributed by atoms with Gasteiger partial charge in [-0.3, -0.25) is 4.79 Å². The molecule has 0 aromatic carbocycles. The molecule has 1 aromatic rings. The van der Waals surface area contributed by atoms with Gasteiger partial charge in [0.15, 0.2) is 0 Å². The summed E-state index contributed by atoms with van der Waals surface area (Å²) in [7, 11) is -3.40. The number of nitrogens with one attached hydrogen (secondary N) is 1. The highest BCUT2D eigenvalue weighted by Crippen LogP contribution is 2.27. The molecule has 1 aromatic heterocycles. The van der Waals surface area contributed by atoms with Gasteiger partial charge in [0, 0.05) is 30.6 Å². The Labute approximate surface area is 160 Å². The lowest BCUT2D eigenvalue weighted by molar-refractivity contribution is -0.121. The summed E-state index contributed by atoms with van der Waals surface area (Å²) in [5.74, 6) is 0.343. The Bertz CT molecular complexity index is 655. The molecule has 1 amide bonds. The highest BCUT2D eigenvalue weighted by Gasteiger charge is 2.28. The first kappa shape index (κ1) is 22.4. The number of carbonyl (C=O) groups is 1. The van der Waals surface area contributed by atoms with E-state index in [1.54, 1.807) is 12.1 Å². The third kappa shape index (κ3) is 6.21. The van der Waals surface area contributed by atoms with Gasteiger partial charge < -0.3 is 11.1 Å². The molecule has 0 radical (unpaired) electrons. The van der Waals surface area contributed by atoms with Crippen molar-refractivity contribution in [3.63, 3.8) is 0 Å². The molecule has 1 aliphatic rings. The largest absolute Gasteiger partial charge is 0.352 e. The number of carbonyl (C=O) groups excluding carboxylic acids is 1. The topological polar surface area (TPSA) is 92.5 Å². The molecule has 6 nitrogen and oxygen atoms in total. The Hall–Kier alpha value is -0.670. The van der Waals surface area contributed by atoms with Crippen molar-refractivity contribution in [2.45, 2.75) is 49.8 Å².